The molecule has 0 aliphatic rings. The van der Waals surface area contributed by atoms with Crippen molar-refractivity contribution in [1.82, 2.24) is 4.72 Å². The van der Waals surface area contributed by atoms with Crippen LogP contribution in [-0.4, -0.2) is 46.4 Å². The molecule has 0 bridgehead atoms. The molecule has 0 amide bonds. The van der Waals surface area contributed by atoms with Crippen LogP contribution in [0.2, 0.25) is 0 Å². The lowest BCUT2D eigenvalue weighted by Crippen LogP contribution is -2.43. The molecule has 0 heterocycles. The zero-order valence-electron chi connectivity index (χ0n) is 11.4. The number of rotatable bonds is 7. The summed E-state index contributed by atoms with van der Waals surface area (Å²) >= 11 is 0. The van der Waals surface area contributed by atoms with Crippen molar-refractivity contribution in [3.63, 3.8) is 0 Å². The monoisotopic (exact) mass is 303 g/mol. The molecule has 0 saturated carbocycles. The van der Waals surface area contributed by atoms with Crippen LogP contribution in [-0.2, 0) is 19.6 Å². The molecule has 1 rings (SSSR count). The Morgan fingerprint density at radius 3 is 2.50 bits per heavy atom. The molecule has 1 unspecified atom stereocenters. The van der Waals surface area contributed by atoms with Crippen molar-refractivity contribution >= 4 is 16.0 Å². The van der Waals surface area contributed by atoms with Gasteiger partial charge in [-0.15, -0.1) is 0 Å². The van der Waals surface area contributed by atoms with E-state index >= 15 is 0 Å². The van der Waals surface area contributed by atoms with Gasteiger partial charge in [0.2, 0.25) is 10.0 Å². The number of aliphatic carboxylic acids is 1. The summed E-state index contributed by atoms with van der Waals surface area (Å²) in [4.78, 5) is 10.9. The zero-order valence-corrected chi connectivity index (χ0v) is 12.2. The molecule has 0 aliphatic carbocycles. The van der Waals surface area contributed by atoms with Gasteiger partial charge in [-0.2, -0.15) is 4.72 Å². The normalized spacial score (nSPS) is 12.9. The predicted octanol–water partition coefficient (Wildman–Crippen LogP) is 0.382. The van der Waals surface area contributed by atoms with Crippen LogP contribution >= 0.6 is 0 Å². The van der Waals surface area contributed by atoms with Crippen molar-refractivity contribution in [2.45, 2.75) is 17.9 Å². The molecule has 20 heavy (non-hydrogen) atoms. The number of hydrogen-bond acceptors (Lipinski definition) is 5. The minimum Gasteiger partial charge on any atom is -0.496 e. The highest BCUT2D eigenvalue weighted by Gasteiger charge is 2.25. The Morgan fingerprint density at radius 2 is 2.05 bits per heavy atom. The first-order valence-corrected chi connectivity index (χ1v) is 7.19. The van der Waals surface area contributed by atoms with Gasteiger partial charge in [-0.25, -0.2) is 8.42 Å². The van der Waals surface area contributed by atoms with Crippen molar-refractivity contribution in [3.8, 4) is 5.75 Å². The van der Waals surface area contributed by atoms with Gasteiger partial charge in [0.25, 0.3) is 0 Å². The Kier molecular flexibility index (Phi) is 5.49. The van der Waals surface area contributed by atoms with E-state index in [0.717, 1.165) is 0 Å². The van der Waals surface area contributed by atoms with E-state index in [-0.39, 0.29) is 11.5 Å². The van der Waals surface area contributed by atoms with Gasteiger partial charge in [0, 0.05) is 7.11 Å². The number of sulfonamides is 1. The maximum absolute atomic E-state index is 12.1. The third-order valence-electron chi connectivity index (χ3n) is 2.61. The van der Waals surface area contributed by atoms with Gasteiger partial charge in [0.05, 0.1) is 18.6 Å². The number of ether oxygens (including phenoxy) is 2. The number of carboxylic acids is 1. The topological polar surface area (TPSA) is 102 Å². The molecular weight excluding hydrogens is 286 g/mol. The fourth-order valence-electron chi connectivity index (χ4n) is 1.60. The molecule has 1 aromatic rings. The standard InChI is InChI=1S/C12H17NO6S/c1-8-6-9(4-5-11(8)19-3)20(16,17)13-10(7-18-2)12(14)15/h4-6,10,13H,7H2,1-3H3,(H,14,15). The van der Waals surface area contributed by atoms with Gasteiger partial charge in [-0.05, 0) is 30.7 Å². The fraction of sp³-hybridized carbons (Fsp3) is 0.417. The molecule has 0 aliphatic heterocycles. The molecule has 0 fully saturated rings. The molecule has 1 aromatic carbocycles. The minimum atomic E-state index is -3.94. The summed E-state index contributed by atoms with van der Waals surface area (Å²) in [6.07, 6.45) is 0. The molecule has 7 nitrogen and oxygen atoms in total. The summed E-state index contributed by atoms with van der Waals surface area (Å²) in [5.74, 6) is -0.753. The van der Waals surface area contributed by atoms with E-state index in [9.17, 15) is 13.2 Å². The lowest BCUT2D eigenvalue weighted by molar-refractivity contribution is -0.140. The van der Waals surface area contributed by atoms with Gasteiger partial charge in [-0.3, -0.25) is 4.79 Å². The van der Waals surface area contributed by atoms with Crippen LogP contribution in [0.15, 0.2) is 23.1 Å². The second kappa shape index (κ2) is 6.69. The molecule has 0 spiro atoms. The largest absolute Gasteiger partial charge is 0.496 e. The Bertz CT molecular complexity index is 584. The van der Waals surface area contributed by atoms with E-state index in [2.05, 4.69) is 9.46 Å². The first-order valence-electron chi connectivity index (χ1n) is 5.70. The SMILES string of the molecule is COCC(NS(=O)(=O)c1ccc(OC)c(C)c1)C(=O)O. The van der Waals surface area contributed by atoms with Crippen LogP contribution in [0, 0.1) is 6.92 Å². The van der Waals surface area contributed by atoms with Crippen molar-refractivity contribution in [1.29, 1.82) is 0 Å². The van der Waals surface area contributed by atoms with Crippen LogP contribution in [0.1, 0.15) is 5.56 Å². The van der Waals surface area contributed by atoms with E-state index in [1.807, 2.05) is 0 Å². The maximum atomic E-state index is 12.1. The number of hydrogen-bond donors (Lipinski definition) is 2. The highest BCUT2D eigenvalue weighted by Crippen LogP contribution is 2.21. The van der Waals surface area contributed by atoms with Crippen molar-refractivity contribution in [3.05, 3.63) is 23.8 Å². The predicted molar refractivity (Wildman–Crippen MR) is 71.4 cm³/mol. The molecule has 0 radical (unpaired) electrons. The number of benzene rings is 1. The van der Waals surface area contributed by atoms with Crippen LogP contribution < -0.4 is 9.46 Å². The molecule has 2 N–H and O–H groups in total. The molecule has 0 saturated heterocycles. The lowest BCUT2D eigenvalue weighted by Gasteiger charge is -2.14. The summed E-state index contributed by atoms with van der Waals surface area (Å²) < 4.78 is 36.0. The minimum absolute atomic E-state index is 0.0295. The Morgan fingerprint density at radius 1 is 1.40 bits per heavy atom. The maximum Gasteiger partial charge on any atom is 0.324 e. The van der Waals surface area contributed by atoms with Crippen LogP contribution in [0.5, 0.6) is 5.75 Å². The van der Waals surface area contributed by atoms with Gasteiger partial charge in [0.15, 0.2) is 0 Å². The molecule has 1 atom stereocenters. The number of carboxylic acid groups (broad SMARTS) is 1. The summed E-state index contributed by atoms with van der Waals surface area (Å²) in [6.45, 7) is 1.44. The number of aryl methyl sites for hydroxylation is 1. The van der Waals surface area contributed by atoms with Crippen LogP contribution in [0.4, 0.5) is 0 Å². The summed E-state index contributed by atoms with van der Waals surface area (Å²) in [7, 11) is -1.17. The highest BCUT2D eigenvalue weighted by atomic mass is 32.2. The van der Waals surface area contributed by atoms with Gasteiger partial charge in [-0.1, -0.05) is 0 Å². The average Bonchev–Trinajstić information content (AvgIpc) is 2.37. The van der Waals surface area contributed by atoms with E-state index in [4.69, 9.17) is 9.84 Å². The smallest absolute Gasteiger partial charge is 0.324 e. The van der Waals surface area contributed by atoms with Crippen molar-refractivity contribution < 1.29 is 27.8 Å². The number of nitrogens with one attached hydrogen (secondary N) is 1. The first-order chi connectivity index (χ1) is 9.31. The Hall–Kier alpha value is -1.64. The third-order valence-corrected chi connectivity index (χ3v) is 4.07. The zero-order chi connectivity index (χ0) is 15.3. The van der Waals surface area contributed by atoms with Crippen LogP contribution in [0.25, 0.3) is 0 Å². The van der Waals surface area contributed by atoms with Crippen molar-refractivity contribution in [2.75, 3.05) is 20.8 Å². The van der Waals surface area contributed by atoms with E-state index in [0.29, 0.717) is 11.3 Å². The number of carbonyl (C=O) groups is 1. The van der Waals surface area contributed by atoms with Gasteiger partial charge < -0.3 is 14.6 Å². The van der Waals surface area contributed by atoms with Crippen LogP contribution in [0.3, 0.4) is 0 Å². The van der Waals surface area contributed by atoms with Crippen molar-refractivity contribution in [2.24, 2.45) is 0 Å². The average molecular weight is 303 g/mol. The summed E-state index contributed by atoms with van der Waals surface area (Å²) in [5.41, 5.74) is 0.633. The molecule has 112 valence electrons. The lowest BCUT2D eigenvalue weighted by atomic mass is 10.2. The van der Waals surface area contributed by atoms with E-state index in [1.54, 1.807) is 6.92 Å². The summed E-state index contributed by atoms with van der Waals surface area (Å²) in [5, 5.41) is 8.92. The van der Waals surface area contributed by atoms with E-state index < -0.39 is 22.0 Å². The Labute approximate surface area is 117 Å². The molecular formula is C12H17NO6S. The van der Waals surface area contributed by atoms with Gasteiger partial charge >= 0.3 is 5.97 Å². The Balaban J connectivity index is 3.04. The first kappa shape index (κ1) is 16.4. The summed E-state index contributed by atoms with van der Waals surface area (Å²) in [6, 6.07) is 2.93. The fourth-order valence-corrected chi connectivity index (χ4v) is 2.85. The molecule has 0 aromatic heterocycles. The highest BCUT2D eigenvalue weighted by molar-refractivity contribution is 7.89. The second-order valence-corrected chi connectivity index (χ2v) is 5.81. The number of methoxy groups -OCH3 is 2. The second-order valence-electron chi connectivity index (χ2n) is 4.10. The molecule has 8 heteroatoms. The van der Waals surface area contributed by atoms with E-state index in [1.165, 1.54) is 32.4 Å². The quantitative estimate of drug-likeness (QED) is 0.755. The third kappa shape index (κ3) is 3.92. The van der Waals surface area contributed by atoms with Gasteiger partial charge in [0.1, 0.15) is 11.8 Å².